The molecule has 1 aliphatic carbocycles. The van der Waals surface area contributed by atoms with E-state index in [-0.39, 0.29) is 16.3 Å². The Kier molecular flexibility index (Phi) is 4.57. The molecule has 1 amide bonds. The fourth-order valence-corrected chi connectivity index (χ4v) is 2.63. The van der Waals surface area contributed by atoms with Crippen LogP contribution in [0.3, 0.4) is 0 Å². The lowest BCUT2D eigenvalue weighted by atomic mass is 10.2. The molecule has 0 aliphatic heterocycles. The molecule has 0 saturated heterocycles. The van der Waals surface area contributed by atoms with Gasteiger partial charge in [0.25, 0.3) is 5.91 Å². The van der Waals surface area contributed by atoms with Crippen molar-refractivity contribution in [3.8, 4) is 0 Å². The number of ether oxygens (including phenoxy) is 1. The standard InChI is InChI=1S/C17H17ClN2O4/c1-9-15(24-14(19-9)7-10-3-4-10)16(21)20-11-5-6-12(13(18)8-11)17(22)23-2/h5-6,8,10H,3-4,7H2,1-2H3,(H,20,21). The van der Waals surface area contributed by atoms with Crippen LogP contribution in [0.5, 0.6) is 0 Å². The van der Waals surface area contributed by atoms with Crippen LogP contribution < -0.4 is 5.32 Å². The van der Waals surface area contributed by atoms with Crippen molar-refractivity contribution in [2.24, 2.45) is 5.92 Å². The second kappa shape index (κ2) is 6.65. The number of oxazole rings is 1. The van der Waals surface area contributed by atoms with Gasteiger partial charge >= 0.3 is 5.97 Å². The average molecular weight is 349 g/mol. The number of halogens is 1. The monoisotopic (exact) mass is 348 g/mol. The number of nitrogens with one attached hydrogen (secondary N) is 1. The lowest BCUT2D eigenvalue weighted by Gasteiger charge is -2.07. The number of aromatic nitrogens is 1. The molecule has 6 nitrogen and oxygen atoms in total. The Bertz CT molecular complexity index is 796. The van der Waals surface area contributed by atoms with Gasteiger partial charge in [0.1, 0.15) is 0 Å². The molecule has 0 atom stereocenters. The topological polar surface area (TPSA) is 81.4 Å². The predicted octanol–water partition coefficient (Wildman–Crippen LogP) is 3.63. The minimum atomic E-state index is -0.534. The van der Waals surface area contributed by atoms with Gasteiger partial charge in [-0.25, -0.2) is 9.78 Å². The van der Waals surface area contributed by atoms with Gasteiger partial charge in [0, 0.05) is 12.1 Å². The largest absolute Gasteiger partial charge is 0.465 e. The molecule has 1 N–H and O–H groups in total. The molecule has 0 spiro atoms. The molecular weight excluding hydrogens is 332 g/mol. The number of esters is 1. The molecular formula is C17H17ClN2O4. The van der Waals surface area contributed by atoms with Crippen LogP contribution in [-0.4, -0.2) is 24.0 Å². The normalized spacial score (nSPS) is 13.6. The van der Waals surface area contributed by atoms with E-state index >= 15 is 0 Å². The van der Waals surface area contributed by atoms with Gasteiger partial charge in [0.2, 0.25) is 5.76 Å². The highest BCUT2D eigenvalue weighted by Crippen LogP contribution is 2.32. The summed E-state index contributed by atoms with van der Waals surface area (Å²) in [6.07, 6.45) is 3.15. The van der Waals surface area contributed by atoms with E-state index < -0.39 is 11.9 Å². The summed E-state index contributed by atoms with van der Waals surface area (Å²) in [5, 5.41) is 2.89. The lowest BCUT2D eigenvalue weighted by molar-refractivity contribution is 0.0601. The van der Waals surface area contributed by atoms with Gasteiger partial charge in [0.15, 0.2) is 5.89 Å². The van der Waals surface area contributed by atoms with Crippen molar-refractivity contribution in [1.29, 1.82) is 0 Å². The quantitative estimate of drug-likeness (QED) is 0.834. The van der Waals surface area contributed by atoms with Crippen molar-refractivity contribution in [3.63, 3.8) is 0 Å². The smallest absolute Gasteiger partial charge is 0.339 e. The number of carbonyl (C=O) groups is 2. The van der Waals surface area contributed by atoms with Crippen molar-refractivity contribution in [3.05, 3.63) is 46.1 Å². The Balaban J connectivity index is 1.73. The predicted molar refractivity (Wildman–Crippen MR) is 88.4 cm³/mol. The van der Waals surface area contributed by atoms with Gasteiger partial charge < -0.3 is 14.5 Å². The summed E-state index contributed by atoms with van der Waals surface area (Å²) < 4.78 is 10.2. The highest BCUT2D eigenvalue weighted by atomic mass is 35.5. The number of carbonyl (C=O) groups excluding carboxylic acids is 2. The molecule has 1 heterocycles. The van der Waals surface area contributed by atoms with Crippen LogP contribution in [0.25, 0.3) is 0 Å². The summed E-state index contributed by atoms with van der Waals surface area (Å²) in [4.78, 5) is 28.2. The molecule has 3 rings (SSSR count). The fraction of sp³-hybridized carbons (Fsp3) is 0.353. The number of benzene rings is 1. The van der Waals surface area contributed by atoms with Crippen molar-refractivity contribution < 1.29 is 18.7 Å². The first-order valence-corrected chi connectivity index (χ1v) is 8.01. The molecule has 1 aromatic heterocycles. The van der Waals surface area contributed by atoms with Crippen LogP contribution in [0.4, 0.5) is 5.69 Å². The zero-order chi connectivity index (χ0) is 17.3. The highest BCUT2D eigenvalue weighted by molar-refractivity contribution is 6.34. The van der Waals surface area contributed by atoms with Crippen LogP contribution in [-0.2, 0) is 11.2 Å². The van der Waals surface area contributed by atoms with Gasteiger partial charge in [-0.2, -0.15) is 0 Å². The number of methoxy groups -OCH3 is 1. The van der Waals surface area contributed by atoms with E-state index in [1.54, 1.807) is 13.0 Å². The first-order chi connectivity index (χ1) is 11.5. The van der Waals surface area contributed by atoms with Gasteiger partial charge in [0.05, 0.1) is 23.4 Å². The summed E-state index contributed by atoms with van der Waals surface area (Å²) in [6, 6.07) is 4.56. The van der Waals surface area contributed by atoms with Gasteiger partial charge in [-0.3, -0.25) is 4.79 Å². The number of amides is 1. The van der Waals surface area contributed by atoms with Crippen LogP contribution in [0.1, 0.15) is 45.3 Å². The van der Waals surface area contributed by atoms with Crippen molar-refractivity contribution in [2.75, 3.05) is 12.4 Å². The fourth-order valence-electron chi connectivity index (χ4n) is 2.38. The number of nitrogens with zero attached hydrogens (tertiary/aromatic N) is 1. The van der Waals surface area contributed by atoms with E-state index in [9.17, 15) is 9.59 Å². The van der Waals surface area contributed by atoms with E-state index in [4.69, 9.17) is 16.0 Å². The van der Waals surface area contributed by atoms with Gasteiger partial charge in [-0.15, -0.1) is 0 Å². The summed E-state index contributed by atoms with van der Waals surface area (Å²) >= 11 is 6.04. The second-order valence-electron chi connectivity index (χ2n) is 5.81. The Hall–Kier alpha value is -2.34. The van der Waals surface area contributed by atoms with Gasteiger partial charge in [-0.05, 0) is 43.9 Å². The number of anilines is 1. The zero-order valence-corrected chi connectivity index (χ0v) is 14.1. The lowest BCUT2D eigenvalue weighted by Crippen LogP contribution is -2.12. The summed E-state index contributed by atoms with van der Waals surface area (Å²) in [5.74, 6) is 0.485. The molecule has 0 unspecified atom stereocenters. The molecule has 1 saturated carbocycles. The van der Waals surface area contributed by atoms with E-state index in [1.165, 1.54) is 32.1 Å². The molecule has 7 heteroatoms. The number of hydrogen-bond acceptors (Lipinski definition) is 5. The minimum absolute atomic E-state index is 0.193. The van der Waals surface area contributed by atoms with Crippen molar-refractivity contribution in [2.45, 2.75) is 26.2 Å². The summed E-state index contributed by atoms with van der Waals surface area (Å²) in [5.41, 5.74) is 1.25. The van der Waals surface area contributed by atoms with Crippen molar-refractivity contribution >= 4 is 29.2 Å². The SMILES string of the molecule is COC(=O)c1ccc(NC(=O)c2oc(CC3CC3)nc2C)cc1Cl. The van der Waals surface area contributed by atoms with E-state index in [0.29, 0.717) is 23.2 Å². The van der Waals surface area contributed by atoms with Gasteiger partial charge in [-0.1, -0.05) is 11.6 Å². The first-order valence-electron chi connectivity index (χ1n) is 7.63. The highest BCUT2D eigenvalue weighted by Gasteiger charge is 2.26. The maximum absolute atomic E-state index is 12.4. The molecule has 2 aromatic rings. The number of rotatable bonds is 5. The second-order valence-corrected chi connectivity index (χ2v) is 6.22. The third kappa shape index (κ3) is 3.59. The molecule has 0 radical (unpaired) electrons. The zero-order valence-electron chi connectivity index (χ0n) is 13.4. The molecule has 1 aromatic carbocycles. The molecule has 1 fully saturated rings. The van der Waals surface area contributed by atoms with Crippen molar-refractivity contribution in [1.82, 2.24) is 4.98 Å². The Morgan fingerprint density at radius 2 is 2.17 bits per heavy atom. The molecule has 0 bridgehead atoms. The maximum Gasteiger partial charge on any atom is 0.339 e. The van der Waals surface area contributed by atoms with E-state index in [0.717, 1.165) is 6.42 Å². The average Bonchev–Trinajstić information content (AvgIpc) is 3.27. The first kappa shape index (κ1) is 16.5. The Labute approximate surface area is 144 Å². The van der Waals surface area contributed by atoms with Crippen LogP contribution in [0, 0.1) is 12.8 Å². The molecule has 1 aliphatic rings. The Morgan fingerprint density at radius 1 is 1.42 bits per heavy atom. The minimum Gasteiger partial charge on any atom is -0.465 e. The number of hydrogen-bond donors (Lipinski definition) is 1. The van der Waals surface area contributed by atoms with E-state index in [2.05, 4.69) is 15.0 Å². The summed E-state index contributed by atoms with van der Waals surface area (Å²) in [7, 11) is 1.28. The third-order valence-corrected chi connectivity index (χ3v) is 4.15. The molecule has 24 heavy (non-hydrogen) atoms. The number of aryl methyl sites for hydroxylation is 1. The summed E-state index contributed by atoms with van der Waals surface area (Å²) in [6.45, 7) is 1.74. The maximum atomic E-state index is 12.4. The van der Waals surface area contributed by atoms with Crippen LogP contribution in [0.2, 0.25) is 5.02 Å². The van der Waals surface area contributed by atoms with Crippen LogP contribution in [0.15, 0.2) is 22.6 Å². The van der Waals surface area contributed by atoms with Crippen LogP contribution >= 0.6 is 11.6 Å². The third-order valence-electron chi connectivity index (χ3n) is 3.84. The Morgan fingerprint density at radius 3 is 2.79 bits per heavy atom. The van der Waals surface area contributed by atoms with E-state index in [1.807, 2.05) is 0 Å². The molecule has 126 valence electrons.